The van der Waals surface area contributed by atoms with Crippen molar-refractivity contribution in [1.29, 1.82) is 0 Å². The van der Waals surface area contributed by atoms with Crippen molar-refractivity contribution < 1.29 is 56.2 Å². The van der Waals surface area contributed by atoms with E-state index in [9.17, 15) is 46.7 Å². The zero-order chi connectivity index (χ0) is 34.9. The van der Waals surface area contributed by atoms with Gasteiger partial charge < -0.3 is 41.8 Å². The first kappa shape index (κ1) is 39.1. The molecular weight excluding hydrogens is 621 g/mol. The van der Waals surface area contributed by atoms with Crippen LogP contribution in [0.25, 0.3) is 0 Å². The minimum absolute atomic E-state index is 0.00686. The number of nitrogens with two attached hydrogens (primary N) is 1. The van der Waals surface area contributed by atoms with Crippen LogP contribution in [-0.4, -0.2) is 85.6 Å². The summed E-state index contributed by atoms with van der Waals surface area (Å²) in [7, 11) is 1.12. The van der Waals surface area contributed by atoms with Gasteiger partial charge in [-0.3, -0.25) is 24.0 Å². The van der Waals surface area contributed by atoms with Gasteiger partial charge in [-0.1, -0.05) is 30.3 Å². The molecule has 0 aliphatic rings. The lowest BCUT2D eigenvalue weighted by atomic mass is 10.1. The zero-order valence-electron chi connectivity index (χ0n) is 25.5. The predicted octanol–water partition coefficient (Wildman–Crippen LogP) is 0.0629. The van der Waals surface area contributed by atoms with Crippen LogP contribution in [0.2, 0.25) is 0 Å². The minimum atomic E-state index is -5.06. The lowest BCUT2D eigenvalue weighted by Gasteiger charge is -2.22. The van der Waals surface area contributed by atoms with Crippen LogP contribution in [0, 0.1) is 0 Å². The summed E-state index contributed by atoms with van der Waals surface area (Å²) in [6.45, 7) is 2.21. The first-order valence-electron chi connectivity index (χ1n) is 14.1. The van der Waals surface area contributed by atoms with E-state index in [0.717, 1.165) is 7.11 Å². The molecule has 6 amide bonds. The molecule has 1 aromatic rings. The molecule has 0 aliphatic heterocycles. The predicted molar refractivity (Wildman–Crippen MR) is 154 cm³/mol. The molecule has 0 fully saturated rings. The van der Waals surface area contributed by atoms with E-state index in [1.807, 2.05) is 0 Å². The number of nitrogens with one attached hydrogen (secondary N) is 5. The summed E-state index contributed by atoms with van der Waals surface area (Å²) >= 11 is 0. The van der Waals surface area contributed by atoms with E-state index in [2.05, 4.69) is 26.0 Å². The Morgan fingerprint density at radius 1 is 0.826 bits per heavy atom. The van der Waals surface area contributed by atoms with Gasteiger partial charge in [0.15, 0.2) is 0 Å². The quantitative estimate of drug-likeness (QED) is 0.0924. The zero-order valence-corrected chi connectivity index (χ0v) is 25.5. The second kappa shape index (κ2) is 19.5. The van der Waals surface area contributed by atoms with Gasteiger partial charge in [0.1, 0.15) is 30.8 Å². The van der Waals surface area contributed by atoms with Crippen LogP contribution in [0.3, 0.4) is 0 Å². The Morgan fingerprint density at radius 3 is 2.04 bits per heavy atom. The van der Waals surface area contributed by atoms with Crippen molar-refractivity contribution in [3.05, 3.63) is 35.9 Å². The van der Waals surface area contributed by atoms with Crippen LogP contribution >= 0.6 is 0 Å². The number of hydrogen-bond acceptors (Lipinski definition) is 9. The van der Waals surface area contributed by atoms with Crippen LogP contribution < -0.4 is 32.3 Å². The van der Waals surface area contributed by atoms with E-state index in [4.69, 9.17) is 10.5 Å². The van der Waals surface area contributed by atoms with Gasteiger partial charge >= 0.3 is 24.1 Å². The van der Waals surface area contributed by atoms with Gasteiger partial charge in [0.2, 0.25) is 23.6 Å². The first-order valence-corrected chi connectivity index (χ1v) is 14.1. The van der Waals surface area contributed by atoms with Gasteiger partial charge in [0, 0.05) is 13.0 Å². The fourth-order valence-corrected chi connectivity index (χ4v) is 3.73. The Balaban J connectivity index is 2.79. The monoisotopic (exact) mass is 660 g/mol. The van der Waals surface area contributed by atoms with E-state index in [1.165, 1.54) is 13.8 Å². The molecule has 46 heavy (non-hydrogen) atoms. The van der Waals surface area contributed by atoms with Crippen LogP contribution in [0.1, 0.15) is 51.5 Å². The van der Waals surface area contributed by atoms with E-state index in [-0.39, 0.29) is 38.8 Å². The molecule has 0 aliphatic carbocycles. The summed E-state index contributed by atoms with van der Waals surface area (Å²) in [4.78, 5) is 84.7. The molecule has 0 bridgehead atoms. The molecule has 1 rings (SSSR count). The Bertz CT molecular complexity index is 1220. The normalized spacial score (nSPS) is 13.5. The third kappa shape index (κ3) is 15.2. The van der Waals surface area contributed by atoms with Crippen LogP contribution in [0.15, 0.2) is 30.3 Å². The molecule has 0 saturated heterocycles. The van der Waals surface area contributed by atoms with Gasteiger partial charge in [-0.15, -0.1) is 0 Å². The molecule has 0 heterocycles. The Morgan fingerprint density at radius 2 is 1.46 bits per heavy atom. The second-order valence-electron chi connectivity index (χ2n) is 10.1. The summed E-state index contributed by atoms with van der Waals surface area (Å²) in [6, 6.07) is 3.86. The standard InChI is InChI=1S/C28H39F3N6O9/c1-16(23(40)35-17(2)25(42)45-3)34-24(41)20(11-7-8-14-33-26(43)28(29,30)31)36-21(38)13-12-19(22(32)39)37-27(44)46-15-18-9-5-4-6-10-18/h4-6,9-10,16-17,19-20H,7-8,11-15H2,1-3H3,(H2,32,39)(H,33,43)(H,34,41)(H,35,40)(H,36,38)(H,37,44)/t16-,17+,19?,20+/m1/s1. The number of alkyl halides is 3. The maximum Gasteiger partial charge on any atom is 0.471 e. The molecule has 0 spiro atoms. The number of unbranched alkanes of at least 4 members (excludes halogenated alkanes) is 1. The number of carbonyl (C=O) groups excluding carboxylic acids is 7. The number of rotatable bonds is 18. The van der Waals surface area contributed by atoms with Crippen molar-refractivity contribution in [2.75, 3.05) is 13.7 Å². The highest BCUT2D eigenvalue weighted by Gasteiger charge is 2.38. The average molecular weight is 661 g/mol. The molecule has 256 valence electrons. The largest absolute Gasteiger partial charge is 0.471 e. The SMILES string of the molecule is COC(=O)[C@H](C)NC(=O)[C@@H](C)NC(=O)[C@H](CCCCNC(=O)C(F)(F)F)NC(=O)CCC(NC(=O)OCc1ccccc1)C(N)=O. The second-order valence-corrected chi connectivity index (χ2v) is 10.1. The Hall–Kier alpha value is -4.90. The van der Waals surface area contributed by atoms with Crippen molar-refractivity contribution in [1.82, 2.24) is 26.6 Å². The number of amides is 6. The molecule has 1 unspecified atom stereocenters. The fraction of sp³-hybridized carbons (Fsp3) is 0.536. The number of carbonyl (C=O) groups is 7. The molecule has 15 nitrogen and oxygen atoms in total. The topological polar surface area (TPSA) is 224 Å². The molecule has 0 saturated carbocycles. The number of methoxy groups -OCH3 is 1. The molecular formula is C28H39F3N6O9. The number of benzene rings is 1. The molecule has 18 heteroatoms. The summed E-state index contributed by atoms with van der Waals surface area (Å²) in [5.41, 5.74) is 6.03. The van der Waals surface area contributed by atoms with Crippen LogP contribution in [-0.2, 0) is 44.8 Å². The third-order valence-electron chi connectivity index (χ3n) is 6.29. The van der Waals surface area contributed by atoms with Gasteiger partial charge in [0.05, 0.1) is 7.11 Å². The Labute approximate surface area is 262 Å². The van der Waals surface area contributed by atoms with Gasteiger partial charge in [-0.25, -0.2) is 9.59 Å². The number of hydrogen-bond donors (Lipinski definition) is 6. The summed E-state index contributed by atoms with van der Waals surface area (Å²) < 4.78 is 46.8. The Kier molecular flexibility index (Phi) is 16.6. The number of halogens is 3. The molecule has 0 radical (unpaired) electrons. The summed E-state index contributed by atoms with van der Waals surface area (Å²) in [6.07, 6.45) is -6.74. The highest BCUT2D eigenvalue weighted by atomic mass is 19.4. The first-order chi connectivity index (χ1) is 21.5. The van der Waals surface area contributed by atoms with E-state index >= 15 is 0 Å². The van der Waals surface area contributed by atoms with Crippen LogP contribution in [0.4, 0.5) is 18.0 Å². The number of ether oxygens (including phenoxy) is 2. The fourth-order valence-electron chi connectivity index (χ4n) is 3.73. The van der Waals surface area contributed by atoms with Crippen molar-refractivity contribution in [3.63, 3.8) is 0 Å². The summed E-state index contributed by atoms with van der Waals surface area (Å²) in [5, 5.41) is 11.1. The number of alkyl carbamates (subject to hydrolysis) is 1. The van der Waals surface area contributed by atoms with E-state index in [1.54, 1.807) is 35.6 Å². The molecule has 7 N–H and O–H groups in total. The third-order valence-corrected chi connectivity index (χ3v) is 6.29. The molecule has 0 aromatic heterocycles. The van der Waals surface area contributed by atoms with Crippen molar-refractivity contribution >= 4 is 41.6 Å². The number of primary amides is 1. The van der Waals surface area contributed by atoms with E-state index in [0.29, 0.717) is 5.56 Å². The minimum Gasteiger partial charge on any atom is -0.467 e. The lowest BCUT2D eigenvalue weighted by molar-refractivity contribution is -0.173. The van der Waals surface area contributed by atoms with Crippen molar-refractivity contribution in [2.24, 2.45) is 5.73 Å². The smallest absolute Gasteiger partial charge is 0.467 e. The maximum absolute atomic E-state index is 13.0. The van der Waals surface area contributed by atoms with E-state index < -0.39 is 78.4 Å². The number of esters is 1. The highest BCUT2D eigenvalue weighted by molar-refractivity contribution is 5.93. The average Bonchev–Trinajstić information content (AvgIpc) is 3.00. The van der Waals surface area contributed by atoms with Crippen molar-refractivity contribution in [2.45, 2.75) is 82.9 Å². The molecule has 1 aromatic carbocycles. The van der Waals surface area contributed by atoms with Crippen molar-refractivity contribution in [3.8, 4) is 0 Å². The van der Waals surface area contributed by atoms with Crippen LogP contribution in [0.5, 0.6) is 0 Å². The highest BCUT2D eigenvalue weighted by Crippen LogP contribution is 2.14. The van der Waals surface area contributed by atoms with Gasteiger partial charge in [-0.05, 0) is 45.1 Å². The summed E-state index contributed by atoms with van der Waals surface area (Å²) in [5.74, 6) is -6.16. The maximum atomic E-state index is 13.0. The lowest BCUT2D eigenvalue weighted by Crippen LogP contribution is -2.54. The van der Waals surface area contributed by atoms with Gasteiger partial charge in [-0.2, -0.15) is 13.2 Å². The molecule has 4 atom stereocenters. The van der Waals surface area contributed by atoms with Gasteiger partial charge in [0.25, 0.3) is 0 Å².